The molecule has 0 bridgehead atoms. The van der Waals surface area contributed by atoms with Crippen LogP contribution in [0.4, 0.5) is 0 Å². The fourth-order valence-corrected chi connectivity index (χ4v) is 3.03. The van der Waals surface area contributed by atoms with Crippen molar-refractivity contribution in [3.8, 4) is 0 Å². The Morgan fingerprint density at radius 1 is 1.29 bits per heavy atom. The van der Waals surface area contributed by atoms with Crippen molar-refractivity contribution in [2.45, 2.75) is 19.9 Å². The summed E-state index contributed by atoms with van der Waals surface area (Å²) in [5.41, 5.74) is 2.11. The fourth-order valence-electron chi connectivity index (χ4n) is 3.03. The Labute approximate surface area is 124 Å². The number of aromatic amines is 1. The highest BCUT2D eigenvalue weighted by molar-refractivity contribution is 5.94. The molecule has 1 amide bonds. The predicted molar refractivity (Wildman–Crippen MR) is 80.5 cm³/mol. The molecule has 1 aromatic rings. The highest BCUT2D eigenvalue weighted by atomic mass is 16.2. The maximum Gasteiger partial charge on any atom is 0.261 e. The van der Waals surface area contributed by atoms with E-state index in [0.29, 0.717) is 13.1 Å². The van der Waals surface area contributed by atoms with E-state index in [1.165, 1.54) is 0 Å². The molecule has 114 valence electrons. The fraction of sp³-hybridized carbons (Fsp3) is 0.600. The van der Waals surface area contributed by atoms with Crippen LogP contribution in [0.25, 0.3) is 0 Å². The van der Waals surface area contributed by atoms with E-state index < -0.39 is 0 Å². The molecule has 21 heavy (non-hydrogen) atoms. The van der Waals surface area contributed by atoms with Gasteiger partial charge in [-0.15, -0.1) is 0 Å². The van der Waals surface area contributed by atoms with E-state index in [9.17, 15) is 9.59 Å². The van der Waals surface area contributed by atoms with Gasteiger partial charge in [-0.2, -0.15) is 0 Å². The van der Waals surface area contributed by atoms with Gasteiger partial charge in [0.1, 0.15) is 5.56 Å². The summed E-state index contributed by atoms with van der Waals surface area (Å²) in [7, 11) is 0. The molecule has 0 atom stereocenters. The summed E-state index contributed by atoms with van der Waals surface area (Å²) in [5.74, 6) is -0.144. The van der Waals surface area contributed by atoms with Crippen LogP contribution in [-0.2, 0) is 13.0 Å². The number of carbonyl (C=O) groups is 1. The van der Waals surface area contributed by atoms with Gasteiger partial charge in [0.15, 0.2) is 0 Å². The average Bonchev–Trinajstić information content (AvgIpc) is 2.54. The SMILES string of the molecule is CCN1CCc2[nH]c(=O)c(C(=O)N3CCNCC3)cc2C1. The third kappa shape index (κ3) is 2.87. The topological polar surface area (TPSA) is 68.4 Å². The van der Waals surface area contributed by atoms with E-state index >= 15 is 0 Å². The Balaban J connectivity index is 1.88. The van der Waals surface area contributed by atoms with Gasteiger partial charge in [0, 0.05) is 51.4 Å². The van der Waals surface area contributed by atoms with Gasteiger partial charge < -0.3 is 15.2 Å². The molecule has 1 saturated heterocycles. The van der Waals surface area contributed by atoms with E-state index in [1.54, 1.807) is 11.0 Å². The first kappa shape index (κ1) is 14.3. The molecule has 0 radical (unpaired) electrons. The lowest BCUT2D eigenvalue weighted by atomic mass is 10.0. The molecule has 2 aliphatic heterocycles. The van der Waals surface area contributed by atoms with Crippen molar-refractivity contribution in [1.82, 2.24) is 20.1 Å². The maximum absolute atomic E-state index is 12.5. The van der Waals surface area contributed by atoms with Crippen LogP contribution in [-0.4, -0.2) is 60.0 Å². The van der Waals surface area contributed by atoms with Crippen molar-refractivity contribution >= 4 is 5.91 Å². The van der Waals surface area contributed by atoms with Gasteiger partial charge in [0.2, 0.25) is 0 Å². The van der Waals surface area contributed by atoms with Crippen molar-refractivity contribution in [3.63, 3.8) is 0 Å². The van der Waals surface area contributed by atoms with Crippen LogP contribution in [0.5, 0.6) is 0 Å². The van der Waals surface area contributed by atoms with Crippen LogP contribution in [0, 0.1) is 0 Å². The second-order valence-corrected chi connectivity index (χ2v) is 5.68. The smallest absolute Gasteiger partial charge is 0.261 e. The van der Waals surface area contributed by atoms with Gasteiger partial charge in [-0.1, -0.05) is 6.92 Å². The predicted octanol–water partition coefficient (Wildman–Crippen LogP) is -0.202. The highest BCUT2D eigenvalue weighted by Gasteiger charge is 2.24. The van der Waals surface area contributed by atoms with Crippen molar-refractivity contribution in [2.24, 2.45) is 0 Å². The normalized spacial score (nSPS) is 19.4. The monoisotopic (exact) mass is 290 g/mol. The number of fused-ring (bicyclic) bond motifs is 1. The van der Waals surface area contributed by atoms with Crippen LogP contribution < -0.4 is 10.9 Å². The first-order valence-electron chi connectivity index (χ1n) is 7.66. The first-order valence-corrected chi connectivity index (χ1v) is 7.66. The number of H-pyrrole nitrogens is 1. The quantitative estimate of drug-likeness (QED) is 0.791. The zero-order valence-electron chi connectivity index (χ0n) is 12.4. The molecular formula is C15H22N4O2. The molecule has 0 unspecified atom stereocenters. The number of likely N-dealkylation sites (N-methyl/N-ethyl adjacent to an activating group) is 1. The molecule has 3 heterocycles. The largest absolute Gasteiger partial charge is 0.336 e. The molecule has 2 N–H and O–H groups in total. The number of nitrogens with zero attached hydrogens (tertiary/aromatic N) is 2. The molecule has 0 spiro atoms. The number of amides is 1. The maximum atomic E-state index is 12.5. The summed E-state index contributed by atoms with van der Waals surface area (Å²) in [6.07, 6.45) is 0.848. The summed E-state index contributed by atoms with van der Waals surface area (Å²) < 4.78 is 0. The van der Waals surface area contributed by atoms with Gasteiger partial charge in [-0.05, 0) is 18.2 Å². The number of hydrogen-bond donors (Lipinski definition) is 2. The van der Waals surface area contributed by atoms with E-state index in [-0.39, 0.29) is 17.0 Å². The minimum Gasteiger partial charge on any atom is -0.336 e. The standard InChI is InChI=1S/C15H22N4O2/c1-2-18-6-3-13-11(10-18)9-12(14(20)17-13)15(21)19-7-4-16-5-8-19/h9,16H,2-8,10H2,1H3,(H,17,20). The van der Waals surface area contributed by atoms with Crippen molar-refractivity contribution in [2.75, 3.05) is 39.3 Å². The Kier molecular flexibility index (Phi) is 4.07. The van der Waals surface area contributed by atoms with Gasteiger partial charge in [-0.3, -0.25) is 14.5 Å². The first-order chi connectivity index (χ1) is 10.2. The molecule has 6 heteroatoms. The molecule has 0 aromatic carbocycles. The summed E-state index contributed by atoms with van der Waals surface area (Å²) in [6, 6.07) is 1.81. The lowest BCUT2D eigenvalue weighted by molar-refractivity contribution is 0.0733. The summed E-state index contributed by atoms with van der Waals surface area (Å²) in [5, 5.41) is 3.21. The number of piperazine rings is 1. The summed E-state index contributed by atoms with van der Waals surface area (Å²) in [4.78, 5) is 31.7. The van der Waals surface area contributed by atoms with Gasteiger partial charge in [0.25, 0.3) is 11.5 Å². The van der Waals surface area contributed by atoms with Crippen LogP contribution in [0.15, 0.2) is 10.9 Å². The molecular weight excluding hydrogens is 268 g/mol. The number of nitrogens with one attached hydrogen (secondary N) is 2. The van der Waals surface area contributed by atoms with Crippen molar-refractivity contribution in [1.29, 1.82) is 0 Å². The second-order valence-electron chi connectivity index (χ2n) is 5.68. The molecule has 0 aliphatic carbocycles. The minimum absolute atomic E-state index is 0.144. The Morgan fingerprint density at radius 3 is 2.76 bits per heavy atom. The Hall–Kier alpha value is -1.66. The number of carbonyl (C=O) groups excluding carboxylic acids is 1. The molecule has 6 nitrogen and oxygen atoms in total. The van der Waals surface area contributed by atoms with Gasteiger partial charge in [0.05, 0.1) is 0 Å². The molecule has 3 rings (SSSR count). The minimum atomic E-state index is -0.248. The summed E-state index contributed by atoms with van der Waals surface area (Å²) in [6.45, 7) is 7.79. The average molecular weight is 290 g/mol. The number of pyridine rings is 1. The van der Waals surface area contributed by atoms with E-state index in [2.05, 4.69) is 22.1 Å². The second kappa shape index (κ2) is 5.99. The van der Waals surface area contributed by atoms with Crippen molar-refractivity contribution < 1.29 is 4.79 Å². The van der Waals surface area contributed by atoms with E-state index in [4.69, 9.17) is 0 Å². The number of hydrogen-bond acceptors (Lipinski definition) is 4. The van der Waals surface area contributed by atoms with Crippen LogP contribution >= 0.6 is 0 Å². The highest BCUT2D eigenvalue weighted by Crippen LogP contribution is 2.17. The van der Waals surface area contributed by atoms with Crippen LogP contribution in [0.3, 0.4) is 0 Å². The zero-order chi connectivity index (χ0) is 14.8. The van der Waals surface area contributed by atoms with Crippen LogP contribution in [0.2, 0.25) is 0 Å². The Morgan fingerprint density at radius 2 is 2.05 bits per heavy atom. The number of rotatable bonds is 2. The molecule has 1 aromatic heterocycles. The molecule has 1 fully saturated rings. The third-order valence-corrected chi connectivity index (χ3v) is 4.37. The van der Waals surface area contributed by atoms with Crippen LogP contribution in [0.1, 0.15) is 28.5 Å². The Bertz CT molecular complexity index is 590. The molecule has 2 aliphatic rings. The van der Waals surface area contributed by atoms with E-state index in [1.807, 2.05) is 0 Å². The zero-order valence-corrected chi connectivity index (χ0v) is 12.4. The summed E-state index contributed by atoms with van der Waals surface area (Å²) >= 11 is 0. The van der Waals surface area contributed by atoms with Gasteiger partial charge >= 0.3 is 0 Å². The van der Waals surface area contributed by atoms with E-state index in [0.717, 1.165) is 50.4 Å². The van der Waals surface area contributed by atoms with Crippen molar-refractivity contribution in [3.05, 3.63) is 33.2 Å². The lowest BCUT2D eigenvalue weighted by Gasteiger charge is -2.29. The molecule has 0 saturated carbocycles. The third-order valence-electron chi connectivity index (χ3n) is 4.37. The number of aromatic nitrogens is 1. The lowest BCUT2D eigenvalue weighted by Crippen LogP contribution is -2.47. The van der Waals surface area contributed by atoms with Gasteiger partial charge in [-0.25, -0.2) is 0 Å².